The molecule has 2 aromatic rings. The number of ether oxygens (including phenoxy) is 2. The Morgan fingerprint density at radius 2 is 1.81 bits per heavy atom. The van der Waals surface area contributed by atoms with Crippen molar-refractivity contribution in [2.75, 3.05) is 19.0 Å². The first-order valence-electron chi connectivity index (χ1n) is 8.50. The highest BCUT2D eigenvalue weighted by Gasteiger charge is 2.14. The van der Waals surface area contributed by atoms with E-state index in [4.69, 9.17) is 9.47 Å². The van der Waals surface area contributed by atoms with E-state index in [0.717, 1.165) is 6.42 Å². The fourth-order valence-corrected chi connectivity index (χ4v) is 2.22. The summed E-state index contributed by atoms with van der Waals surface area (Å²) in [5.41, 5.74) is 0.870. The minimum absolute atomic E-state index is 0.0580. The van der Waals surface area contributed by atoms with Gasteiger partial charge in [0, 0.05) is 12.1 Å². The lowest BCUT2D eigenvalue weighted by molar-refractivity contribution is -0.118. The molecular weight excluding hydrogens is 332 g/mol. The molecule has 138 valence electrons. The molecule has 1 atom stereocenters. The maximum Gasteiger partial charge on any atom is 0.262 e. The molecule has 2 rings (SSSR count). The molecule has 0 aliphatic heterocycles. The van der Waals surface area contributed by atoms with Gasteiger partial charge in [0.15, 0.2) is 6.61 Å². The lowest BCUT2D eigenvalue weighted by Gasteiger charge is -2.15. The summed E-state index contributed by atoms with van der Waals surface area (Å²) in [6, 6.07) is 13.9. The van der Waals surface area contributed by atoms with Gasteiger partial charge in [-0.15, -0.1) is 0 Å². The summed E-state index contributed by atoms with van der Waals surface area (Å²) in [4.78, 5) is 24.6. The van der Waals surface area contributed by atoms with E-state index in [-0.39, 0.29) is 24.5 Å². The third-order valence-electron chi connectivity index (χ3n) is 3.85. The molecule has 0 spiro atoms. The first kappa shape index (κ1) is 19.3. The normalized spacial score (nSPS) is 11.3. The van der Waals surface area contributed by atoms with Gasteiger partial charge in [-0.3, -0.25) is 9.59 Å². The predicted octanol–water partition coefficient (Wildman–Crippen LogP) is 3.24. The maximum atomic E-state index is 12.4. The Labute approximate surface area is 153 Å². The van der Waals surface area contributed by atoms with Crippen LogP contribution < -0.4 is 20.1 Å². The molecule has 6 nitrogen and oxygen atoms in total. The first-order valence-corrected chi connectivity index (χ1v) is 8.50. The fraction of sp³-hybridized carbons (Fsp3) is 0.300. The number of carbonyl (C=O) groups is 2. The van der Waals surface area contributed by atoms with Crippen molar-refractivity contribution in [2.45, 2.75) is 26.3 Å². The summed E-state index contributed by atoms with van der Waals surface area (Å²) in [5, 5.41) is 5.62. The number of methoxy groups -OCH3 is 1. The molecule has 0 radical (unpaired) electrons. The molecule has 6 heteroatoms. The molecule has 0 aliphatic carbocycles. The summed E-state index contributed by atoms with van der Waals surface area (Å²) >= 11 is 0. The number of carbonyl (C=O) groups excluding carboxylic acids is 2. The van der Waals surface area contributed by atoms with Gasteiger partial charge < -0.3 is 20.1 Å². The van der Waals surface area contributed by atoms with Crippen LogP contribution >= 0.6 is 0 Å². The smallest absolute Gasteiger partial charge is 0.262 e. The van der Waals surface area contributed by atoms with Crippen molar-refractivity contribution < 1.29 is 19.1 Å². The van der Waals surface area contributed by atoms with Crippen LogP contribution in [0.5, 0.6) is 11.5 Å². The molecule has 0 saturated heterocycles. The van der Waals surface area contributed by atoms with Crippen LogP contribution in [0.25, 0.3) is 0 Å². The zero-order valence-electron chi connectivity index (χ0n) is 15.2. The monoisotopic (exact) mass is 356 g/mol. The lowest BCUT2D eigenvalue weighted by atomic mass is 10.1. The molecular formula is C20H24N2O4. The average Bonchev–Trinajstić information content (AvgIpc) is 2.66. The summed E-state index contributed by atoms with van der Waals surface area (Å²) in [7, 11) is 1.56. The fourth-order valence-electron chi connectivity index (χ4n) is 2.22. The van der Waals surface area contributed by atoms with Gasteiger partial charge in [0.1, 0.15) is 11.5 Å². The van der Waals surface area contributed by atoms with Crippen LogP contribution in [0.1, 0.15) is 30.6 Å². The summed E-state index contributed by atoms with van der Waals surface area (Å²) in [6.07, 6.45) is 0.828. The van der Waals surface area contributed by atoms with Gasteiger partial charge >= 0.3 is 0 Å². The standard InChI is InChI=1S/C20H24N2O4/c1-4-14(2)21-20(24)17-10-5-6-11-18(17)22-19(23)13-26-16-9-7-8-15(12-16)25-3/h5-12,14H,4,13H2,1-3H3,(H,21,24)(H,22,23)/t14-/m0/s1. The second-order valence-corrected chi connectivity index (χ2v) is 5.84. The number of amides is 2. The number of anilines is 1. The molecule has 0 fully saturated rings. The van der Waals surface area contributed by atoms with Gasteiger partial charge in [0.2, 0.25) is 0 Å². The quantitative estimate of drug-likeness (QED) is 0.761. The zero-order chi connectivity index (χ0) is 18.9. The highest BCUT2D eigenvalue weighted by Crippen LogP contribution is 2.19. The maximum absolute atomic E-state index is 12.4. The highest BCUT2D eigenvalue weighted by atomic mass is 16.5. The van der Waals surface area contributed by atoms with E-state index >= 15 is 0 Å². The number of benzene rings is 2. The van der Waals surface area contributed by atoms with Crippen molar-refractivity contribution in [2.24, 2.45) is 0 Å². The van der Waals surface area contributed by atoms with Gasteiger partial charge in [-0.1, -0.05) is 25.1 Å². The molecule has 2 N–H and O–H groups in total. The van der Waals surface area contributed by atoms with E-state index in [1.54, 1.807) is 55.6 Å². The van der Waals surface area contributed by atoms with E-state index < -0.39 is 0 Å². The second-order valence-electron chi connectivity index (χ2n) is 5.84. The Hall–Kier alpha value is -3.02. The minimum Gasteiger partial charge on any atom is -0.497 e. The van der Waals surface area contributed by atoms with E-state index in [9.17, 15) is 9.59 Å². The lowest BCUT2D eigenvalue weighted by Crippen LogP contribution is -2.33. The number of rotatable bonds is 8. The van der Waals surface area contributed by atoms with Crippen LogP contribution in [-0.4, -0.2) is 31.6 Å². The Bertz CT molecular complexity index is 761. The highest BCUT2D eigenvalue weighted by molar-refractivity contribution is 6.04. The number of nitrogens with one attached hydrogen (secondary N) is 2. The van der Waals surface area contributed by atoms with Crippen molar-refractivity contribution >= 4 is 17.5 Å². The Kier molecular flexibility index (Phi) is 7.02. The van der Waals surface area contributed by atoms with Crippen molar-refractivity contribution in [3.05, 3.63) is 54.1 Å². The second kappa shape index (κ2) is 9.46. The van der Waals surface area contributed by atoms with Crippen LogP contribution in [-0.2, 0) is 4.79 Å². The third-order valence-corrected chi connectivity index (χ3v) is 3.85. The van der Waals surface area contributed by atoms with Crippen LogP contribution in [0.4, 0.5) is 5.69 Å². The predicted molar refractivity (Wildman–Crippen MR) is 101 cm³/mol. The van der Waals surface area contributed by atoms with Crippen molar-refractivity contribution in [1.82, 2.24) is 5.32 Å². The van der Waals surface area contributed by atoms with Gasteiger partial charge in [0.05, 0.1) is 18.4 Å². The molecule has 0 heterocycles. The topological polar surface area (TPSA) is 76.7 Å². The Morgan fingerprint density at radius 1 is 1.08 bits per heavy atom. The van der Waals surface area contributed by atoms with E-state index in [1.165, 1.54) is 0 Å². The Balaban J connectivity index is 1.99. The zero-order valence-corrected chi connectivity index (χ0v) is 15.2. The summed E-state index contributed by atoms with van der Waals surface area (Å²) in [6.45, 7) is 3.75. The molecule has 2 aromatic carbocycles. The first-order chi connectivity index (χ1) is 12.5. The van der Waals surface area contributed by atoms with Gasteiger partial charge in [-0.05, 0) is 37.6 Å². The molecule has 0 bridgehead atoms. The van der Waals surface area contributed by atoms with E-state index in [1.807, 2.05) is 13.8 Å². The average molecular weight is 356 g/mol. The van der Waals surface area contributed by atoms with Crippen molar-refractivity contribution in [1.29, 1.82) is 0 Å². The van der Waals surface area contributed by atoms with Gasteiger partial charge in [-0.25, -0.2) is 0 Å². The van der Waals surface area contributed by atoms with Crippen molar-refractivity contribution in [3.63, 3.8) is 0 Å². The number of hydrogen-bond acceptors (Lipinski definition) is 4. The molecule has 0 saturated carbocycles. The van der Waals surface area contributed by atoms with Crippen LogP contribution in [0.3, 0.4) is 0 Å². The van der Waals surface area contributed by atoms with Gasteiger partial charge in [0.25, 0.3) is 11.8 Å². The van der Waals surface area contributed by atoms with Gasteiger partial charge in [-0.2, -0.15) is 0 Å². The number of hydrogen-bond donors (Lipinski definition) is 2. The molecule has 0 unspecified atom stereocenters. The Morgan fingerprint density at radius 3 is 2.54 bits per heavy atom. The number of para-hydroxylation sites is 1. The molecule has 0 aliphatic rings. The molecule has 26 heavy (non-hydrogen) atoms. The van der Waals surface area contributed by atoms with Crippen molar-refractivity contribution in [3.8, 4) is 11.5 Å². The molecule has 0 aromatic heterocycles. The van der Waals surface area contributed by atoms with Crippen LogP contribution in [0.2, 0.25) is 0 Å². The minimum atomic E-state index is -0.350. The molecule has 2 amide bonds. The summed E-state index contributed by atoms with van der Waals surface area (Å²) < 4.78 is 10.6. The van der Waals surface area contributed by atoms with E-state index in [0.29, 0.717) is 22.7 Å². The SMILES string of the molecule is CC[C@H](C)NC(=O)c1ccccc1NC(=O)COc1cccc(OC)c1. The van der Waals surface area contributed by atoms with E-state index in [2.05, 4.69) is 10.6 Å². The van der Waals surface area contributed by atoms with Crippen LogP contribution in [0, 0.1) is 0 Å². The van der Waals surface area contributed by atoms with Crippen LogP contribution in [0.15, 0.2) is 48.5 Å². The third kappa shape index (κ3) is 5.51. The largest absolute Gasteiger partial charge is 0.497 e. The summed E-state index contributed by atoms with van der Waals surface area (Å²) in [5.74, 6) is 0.609.